The van der Waals surface area contributed by atoms with Crippen LogP contribution in [0.1, 0.15) is 28.4 Å². The Balaban J connectivity index is 1.67. The van der Waals surface area contributed by atoms with Crippen molar-refractivity contribution < 1.29 is 22.5 Å². The van der Waals surface area contributed by atoms with Gasteiger partial charge in [-0.25, -0.2) is 0 Å². The first kappa shape index (κ1) is 16.5. The van der Waals surface area contributed by atoms with Crippen LogP contribution in [-0.2, 0) is 12.7 Å². The largest absolute Gasteiger partial charge is 0.435 e. The number of carbonyl (C=O) groups excluding carboxylic acids is 1. The lowest BCUT2D eigenvalue weighted by atomic mass is 10.2. The maximum Gasteiger partial charge on any atom is 0.435 e. The minimum atomic E-state index is -4.49. The number of halogens is 3. The Hall–Kier alpha value is -2.36. The Morgan fingerprint density at radius 3 is 2.96 bits per heavy atom. The van der Waals surface area contributed by atoms with Gasteiger partial charge in [-0.2, -0.15) is 18.3 Å². The van der Waals surface area contributed by atoms with Crippen LogP contribution in [0.3, 0.4) is 0 Å². The molecule has 0 radical (unpaired) electrons. The van der Waals surface area contributed by atoms with Crippen LogP contribution in [0.5, 0.6) is 0 Å². The van der Waals surface area contributed by atoms with E-state index in [9.17, 15) is 18.0 Å². The number of alkyl halides is 3. The summed E-state index contributed by atoms with van der Waals surface area (Å²) in [6.45, 7) is 1.54. The van der Waals surface area contributed by atoms with Crippen molar-refractivity contribution in [2.75, 3.05) is 20.1 Å². The van der Waals surface area contributed by atoms with Gasteiger partial charge in [0, 0.05) is 31.9 Å². The van der Waals surface area contributed by atoms with Gasteiger partial charge in [-0.05, 0) is 19.0 Å². The molecule has 10 heteroatoms. The van der Waals surface area contributed by atoms with E-state index in [2.05, 4.69) is 15.6 Å². The second-order valence-corrected chi connectivity index (χ2v) is 5.64. The van der Waals surface area contributed by atoms with Gasteiger partial charge in [-0.3, -0.25) is 9.48 Å². The van der Waals surface area contributed by atoms with Gasteiger partial charge in [-0.1, -0.05) is 5.16 Å². The topological polar surface area (TPSA) is 76.2 Å². The van der Waals surface area contributed by atoms with Crippen molar-refractivity contribution in [1.29, 1.82) is 0 Å². The minimum absolute atomic E-state index is 0.0366. The SMILES string of the molecule is CN(C(=O)c1cc(Cn2ccc(C(F)(F)F)n2)on1)C1CCNC1. The second kappa shape index (κ2) is 6.27. The van der Waals surface area contributed by atoms with Crippen molar-refractivity contribution in [2.45, 2.75) is 25.2 Å². The number of nitrogens with one attached hydrogen (secondary N) is 1. The fourth-order valence-electron chi connectivity index (χ4n) is 2.57. The molecule has 0 bridgehead atoms. The molecule has 1 saturated heterocycles. The molecule has 1 fully saturated rings. The molecular weight excluding hydrogens is 327 g/mol. The highest BCUT2D eigenvalue weighted by atomic mass is 19.4. The summed E-state index contributed by atoms with van der Waals surface area (Å²) in [5.74, 6) is -0.0248. The number of likely N-dealkylation sites (N-methyl/N-ethyl adjacent to an activating group) is 1. The van der Waals surface area contributed by atoms with Gasteiger partial charge in [0.2, 0.25) is 0 Å². The number of aromatic nitrogens is 3. The van der Waals surface area contributed by atoms with Crippen molar-refractivity contribution in [3.63, 3.8) is 0 Å². The van der Waals surface area contributed by atoms with Gasteiger partial charge in [-0.15, -0.1) is 0 Å². The summed E-state index contributed by atoms with van der Waals surface area (Å²) in [6.07, 6.45) is -2.44. The van der Waals surface area contributed by atoms with E-state index in [-0.39, 0.29) is 29.9 Å². The number of carbonyl (C=O) groups is 1. The Morgan fingerprint density at radius 2 is 2.33 bits per heavy atom. The molecule has 0 aromatic carbocycles. The van der Waals surface area contributed by atoms with Crippen LogP contribution in [0.15, 0.2) is 22.9 Å². The molecule has 1 aliphatic heterocycles. The number of amides is 1. The number of hydrogen-bond donors (Lipinski definition) is 1. The zero-order valence-corrected chi connectivity index (χ0v) is 12.9. The molecule has 1 amide bonds. The van der Waals surface area contributed by atoms with Crippen molar-refractivity contribution in [3.8, 4) is 0 Å². The van der Waals surface area contributed by atoms with E-state index in [1.807, 2.05) is 0 Å². The Kier molecular flexibility index (Phi) is 4.31. The maximum atomic E-state index is 12.5. The lowest BCUT2D eigenvalue weighted by Crippen LogP contribution is -2.38. The molecule has 0 spiro atoms. The highest BCUT2D eigenvalue weighted by Crippen LogP contribution is 2.27. The van der Waals surface area contributed by atoms with Crippen LogP contribution in [0, 0.1) is 0 Å². The molecule has 3 heterocycles. The summed E-state index contributed by atoms with van der Waals surface area (Å²) < 4.78 is 43.7. The molecule has 2 aromatic rings. The predicted molar refractivity (Wildman–Crippen MR) is 76.2 cm³/mol. The van der Waals surface area contributed by atoms with Crippen molar-refractivity contribution in [3.05, 3.63) is 35.5 Å². The van der Waals surface area contributed by atoms with Crippen molar-refractivity contribution in [2.24, 2.45) is 0 Å². The summed E-state index contributed by atoms with van der Waals surface area (Å²) in [7, 11) is 1.69. The standard InChI is InChI=1S/C14H16F3N5O2/c1-21(9-2-4-18-7-9)13(23)11-6-10(24-20-11)8-22-5-3-12(19-22)14(15,16)17/h3,5-6,9,18H,2,4,7-8H2,1H3. The Labute approximate surface area is 135 Å². The first-order valence-electron chi connectivity index (χ1n) is 7.38. The predicted octanol–water partition coefficient (Wildman–Crippen LogP) is 1.37. The third-order valence-electron chi connectivity index (χ3n) is 3.93. The van der Waals surface area contributed by atoms with E-state index >= 15 is 0 Å². The fraction of sp³-hybridized carbons (Fsp3) is 0.500. The summed E-state index contributed by atoms with van der Waals surface area (Å²) in [4.78, 5) is 13.9. The molecule has 0 aliphatic carbocycles. The molecule has 1 N–H and O–H groups in total. The summed E-state index contributed by atoms with van der Waals surface area (Å²) in [5.41, 5.74) is -0.852. The lowest BCUT2D eigenvalue weighted by Gasteiger charge is -2.22. The molecule has 7 nitrogen and oxygen atoms in total. The van der Waals surface area contributed by atoms with Gasteiger partial charge in [0.1, 0.15) is 6.54 Å². The van der Waals surface area contributed by atoms with Gasteiger partial charge in [0.15, 0.2) is 17.1 Å². The van der Waals surface area contributed by atoms with E-state index < -0.39 is 11.9 Å². The van der Waals surface area contributed by atoms with Crippen LogP contribution >= 0.6 is 0 Å². The molecule has 3 rings (SSSR count). The molecule has 0 saturated carbocycles. The van der Waals surface area contributed by atoms with Crippen LogP contribution in [0.25, 0.3) is 0 Å². The van der Waals surface area contributed by atoms with E-state index in [0.29, 0.717) is 0 Å². The number of rotatable bonds is 4. The summed E-state index contributed by atoms with van der Waals surface area (Å²) in [6, 6.07) is 2.40. The highest BCUT2D eigenvalue weighted by molar-refractivity contribution is 5.92. The van der Waals surface area contributed by atoms with Crippen LogP contribution in [0.4, 0.5) is 13.2 Å². The fourth-order valence-corrected chi connectivity index (χ4v) is 2.57. The van der Waals surface area contributed by atoms with Gasteiger partial charge in [0.25, 0.3) is 5.91 Å². The lowest BCUT2D eigenvalue weighted by molar-refractivity contribution is -0.141. The highest BCUT2D eigenvalue weighted by Gasteiger charge is 2.33. The minimum Gasteiger partial charge on any atom is -0.359 e. The van der Waals surface area contributed by atoms with Crippen LogP contribution in [-0.4, -0.2) is 51.9 Å². The maximum absolute atomic E-state index is 12.5. The Bertz CT molecular complexity index is 718. The number of nitrogens with zero attached hydrogens (tertiary/aromatic N) is 4. The normalized spacial score (nSPS) is 18.1. The average Bonchev–Trinajstić information content (AvgIpc) is 3.26. The molecule has 130 valence electrons. The van der Waals surface area contributed by atoms with Crippen LogP contribution in [0.2, 0.25) is 0 Å². The summed E-state index contributed by atoms with van der Waals surface area (Å²) >= 11 is 0. The molecule has 1 atom stereocenters. The third-order valence-corrected chi connectivity index (χ3v) is 3.93. The van der Waals surface area contributed by atoms with E-state index in [0.717, 1.165) is 30.3 Å². The average molecular weight is 343 g/mol. The van der Waals surface area contributed by atoms with Gasteiger partial charge < -0.3 is 14.7 Å². The van der Waals surface area contributed by atoms with E-state index in [1.165, 1.54) is 12.3 Å². The van der Waals surface area contributed by atoms with E-state index in [1.54, 1.807) is 11.9 Å². The second-order valence-electron chi connectivity index (χ2n) is 5.64. The van der Waals surface area contributed by atoms with Gasteiger partial charge in [0.05, 0.1) is 0 Å². The van der Waals surface area contributed by atoms with Gasteiger partial charge >= 0.3 is 6.18 Å². The molecular formula is C14H16F3N5O2. The molecule has 1 unspecified atom stereocenters. The zero-order valence-electron chi connectivity index (χ0n) is 12.9. The van der Waals surface area contributed by atoms with Crippen molar-refractivity contribution >= 4 is 5.91 Å². The first-order valence-corrected chi connectivity index (χ1v) is 7.38. The van der Waals surface area contributed by atoms with Crippen molar-refractivity contribution in [1.82, 2.24) is 25.2 Å². The monoisotopic (exact) mass is 343 g/mol. The molecule has 1 aliphatic rings. The molecule has 2 aromatic heterocycles. The third kappa shape index (κ3) is 3.42. The Morgan fingerprint density at radius 1 is 1.54 bits per heavy atom. The smallest absolute Gasteiger partial charge is 0.359 e. The van der Waals surface area contributed by atoms with E-state index in [4.69, 9.17) is 4.52 Å². The number of hydrogen-bond acceptors (Lipinski definition) is 5. The quantitative estimate of drug-likeness (QED) is 0.907. The van der Waals surface area contributed by atoms with Crippen LogP contribution < -0.4 is 5.32 Å². The molecule has 24 heavy (non-hydrogen) atoms. The first-order chi connectivity index (χ1) is 11.3. The summed E-state index contributed by atoms with van der Waals surface area (Å²) in [5, 5.41) is 10.3. The zero-order chi connectivity index (χ0) is 17.3.